The van der Waals surface area contributed by atoms with Gasteiger partial charge in [-0.05, 0) is 12.1 Å². The van der Waals surface area contributed by atoms with Crippen LogP contribution in [-0.2, 0) is 0 Å². The van der Waals surface area contributed by atoms with Crippen LogP contribution >= 0.6 is 11.6 Å². The summed E-state index contributed by atoms with van der Waals surface area (Å²) in [5, 5.41) is 8.26. The zero-order chi connectivity index (χ0) is 7.72. The Kier molecular flexibility index (Phi) is 1.76. The maximum absolute atomic E-state index is 12.4. The molecule has 0 spiro atoms. The molecule has 0 fully saturated rings. The van der Waals surface area contributed by atoms with Crippen LogP contribution in [0.2, 0.25) is 5.02 Å². The number of hydrogen-bond acceptors (Lipinski definition) is 1. The van der Waals surface area contributed by atoms with Crippen molar-refractivity contribution in [1.29, 1.82) is 0 Å². The molecule has 0 saturated carbocycles. The molecule has 10 heavy (non-hydrogen) atoms. The molecule has 0 unspecified atom stereocenters. The van der Waals surface area contributed by atoms with Crippen LogP contribution in [0.25, 0.3) is 0 Å². The van der Waals surface area contributed by atoms with Crippen molar-refractivity contribution in [2.75, 3.05) is 0 Å². The molecule has 0 aliphatic heterocycles. The largest absolute Gasteiger partial charge is 0.503 e. The fraction of sp³-hybridized carbons (Fsp3) is 0. The van der Waals surface area contributed by atoms with Crippen molar-refractivity contribution in [3.63, 3.8) is 0 Å². The number of aromatic hydroxyl groups is 1. The first-order chi connectivity index (χ1) is 4.63. The molecule has 0 heterocycles. The van der Waals surface area contributed by atoms with E-state index in [1.807, 2.05) is 0 Å². The molecule has 1 aromatic rings. The first kappa shape index (κ1) is 7.28. The van der Waals surface area contributed by atoms with E-state index in [9.17, 15) is 8.78 Å². The molecule has 1 N–H and O–H groups in total. The predicted molar refractivity (Wildman–Crippen MR) is 33.0 cm³/mol. The highest BCUT2D eigenvalue weighted by atomic mass is 35.5. The molecule has 0 bridgehead atoms. The standard InChI is InChI=1S/C6H3ClF2O/c7-3-1-2-4(8)6(10)5(3)9/h1-2,10H. The van der Waals surface area contributed by atoms with Gasteiger partial charge < -0.3 is 5.11 Å². The van der Waals surface area contributed by atoms with Crippen molar-refractivity contribution in [2.45, 2.75) is 0 Å². The fourth-order valence-electron chi connectivity index (χ4n) is 0.516. The Morgan fingerprint density at radius 3 is 2.40 bits per heavy atom. The minimum absolute atomic E-state index is 0.293. The third kappa shape index (κ3) is 1.04. The quantitative estimate of drug-likeness (QED) is 0.584. The molecule has 1 nitrogen and oxygen atoms in total. The van der Waals surface area contributed by atoms with Crippen molar-refractivity contribution in [2.24, 2.45) is 0 Å². The minimum Gasteiger partial charge on any atom is -0.503 e. The van der Waals surface area contributed by atoms with Crippen LogP contribution in [0.4, 0.5) is 8.78 Å². The summed E-state index contributed by atoms with van der Waals surface area (Å²) in [6.45, 7) is 0. The van der Waals surface area contributed by atoms with Gasteiger partial charge in [-0.3, -0.25) is 0 Å². The highest BCUT2D eigenvalue weighted by Crippen LogP contribution is 2.25. The summed E-state index contributed by atoms with van der Waals surface area (Å²) < 4.78 is 24.6. The van der Waals surface area contributed by atoms with Crippen LogP contribution in [0.15, 0.2) is 12.1 Å². The van der Waals surface area contributed by atoms with Gasteiger partial charge >= 0.3 is 0 Å². The molecule has 0 saturated heterocycles. The van der Waals surface area contributed by atoms with Gasteiger partial charge in [0.05, 0.1) is 5.02 Å². The normalized spacial score (nSPS) is 9.90. The number of phenolic OH excluding ortho intramolecular Hbond substituents is 1. The van der Waals surface area contributed by atoms with E-state index in [4.69, 9.17) is 16.7 Å². The summed E-state index contributed by atoms with van der Waals surface area (Å²) in [4.78, 5) is 0. The van der Waals surface area contributed by atoms with Crippen LogP contribution in [0.1, 0.15) is 0 Å². The second kappa shape index (κ2) is 2.42. The monoisotopic (exact) mass is 164 g/mol. The van der Waals surface area contributed by atoms with E-state index in [1.54, 1.807) is 0 Å². The predicted octanol–water partition coefficient (Wildman–Crippen LogP) is 2.32. The first-order valence-corrected chi connectivity index (χ1v) is 2.83. The Labute approximate surface area is 60.9 Å². The third-order valence-corrected chi connectivity index (χ3v) is 1.31. The van der Waals surface area contributed by atoms with Gasteiger partial charge in [0.1, 0.15) is 0 Å². The molecule has 0 aliphatic rings. The highest BCUT2D eigenvalue weighted by Gasteiger charge is 2.09. The second-order valence-corrected chi connectivity index (χ2v) is 2.10. The first-order valence-electron chi connectivity index (χ1n) is 2.45. The van der Waals surface area contributed by atoms with E-state index in [1.165, 1.54) is 0 Å². The van der Waals surface area contributed by atoms with Crippen molar-refractivity contribution < 1.29 is 13.9 Å². The molecule has 0 aliphatic carbocycles. The second-order valence-electron chi connectivity index (χ2n) is 1.69. The molecule has 0 atom stereocenters. The Balaban J connectivity index is 3.34. The zero-order valence-corrected chi connectivity index (χ0v) is 5.49. The van der Waals surface area contributed by atoms with Gasteiger partial charge in [0.25, 0.3) is 0 Å². The SMILES string of the molecule is Oc1c(F)ccc(Cl)c1F. The molecule has 4 heteroatoms. The molecule has 0 radical (unpaired) electrons. The molecule has 0 aromatic heterocycles. The topological polar surface area (TPSA) is 20.2 Å². The number of hydrogen-bond donors (Lipinski definition) is 1. The summed E-state index contributed by atoms with van der Waals surface area (Å²) in [6, 6.07) is 1.92. The van der Waals surface area contributed by atoms with E-state index in [0.717, 1.165) is 12.1 Å². The lowest BCUT2D eigenvalue weighted by molar-refractivity contribution is 0.396. The lowest BCUT2D eigenvalue weighted by atomic mass is 10.3. The molecule has 54 valence electrons. The average molecular weight is 165 g/mol. The van der Waals surface area contributed by atoms with Crippen LogP contribution in [-0.4, -0.2) is 5.11 Å². The summed E-state index contributed by atoms with van der Waals surface area (Å²) in [5.41, 5.74) is 0. The number of benzene rings is 1. The average Bonchev–Trinajstić information content (AvgIpc) is 1.93. The Bertz CT molecular complexity index is 235. The maximum Gasteiger partial charge on any atom is 0.189 e. The van der Waals surface area contributed by atoms with E-state index in [2.05, 4.69) is 0 Å². The van der Waals surface area contributed by atoms with E-state index < -0.39 is 17.4 Å². The van der Waals surface area contributed by atoms with E-state index in [0.29, 0.717) is 0 Å². The van der Waals surface area contributed by atoms with Crippen molar-refractivity contribution in [1.82, 2.24) is 0 Å². The summed E-state index contributed by atoms with van der Waals surface area (Å²) in [6.07, 6.45) is 0. The third-order valence-electron chi connectivity index (χ3n) is 1.02. The number of phenols is 1. The smallest absolute Gasteiger partial charge is 0.189 e. The van der Waals surface area contributed by atoms with Crippen LogP contribution in [0.3, 0.4) is 0 Å². The van der Waals surface area contributed by atoms with Crippen molar-refractivity contribution in [3.8, 4) is 5.75 Å². The van der Waals surface area contributed by atoms with Gasteiger partial charge in [0.15, 0.2) is 17.4 Å². The Morgan fingerprint density at radius 1 is 1.30 bits per heavy atom. The molecular weight excluding hydrogens is 162 g/mol. The maximum atomic E-state index is 12.4. The van der Waals surface area contributed by atoms with E-state index >= 15 is 0 Å². The lowest BCUT2D eigenvalue weighted by Crippen LogP contribution is -1.82. The van der Waals surface area contributed by atoms with Gasteiger partial charge in [-0.15, -0.1) is 0 Å². The number of rotatable bonds is 0. The lowest BCUT2D eigenvalue weighted by Gasteiger charge is -1.96. The molecule has 1 aromatic carbocycles. The Hall–Kier alpha value is -0.830. The fourth-order valence-corrected chi connectivity index (χ4v) is 0.669. The minimum atomic E-state index is -1.12. The highest BCUT2D eigenvalue weighted by molar-refractivity contribution is 6.30. The molecular formula is C6H3ClF2O. The van der Waals surface area contributed by atoms with Crippen molar-refractivity contribution >= 4 is 11.6 Å². The zero-order valence-electron chi connectivity index (χ0n) is 4.74. The van der Waals surface area contributed by atoms with Gasteiger partial charge in [0, 0.05) is 0 Å². The van der Waals surface area contributed by atoms with E-state index in [-0.39, 0.29) is 5.02 Å². The summed E-state index contributed by atoms with van der Waals surface area (Å²) in [5.74, 6) is -3.17. The Morgan fingerprint density at radius 2 is 1.90 bits per heavy atom. The van der Waals surface area contributed by atoms with Crippen LogP contribution < -0.4 is 0 Å². The van der Waals surface area contributed by atoms with Gasteiger partial charge in [-0.25, -0.2) is 8.78 Å². The van der Waals surface area contributed by atoms with Gasteiger partial charge in [-0.2, -0.15) is 0 Å². The van der Waals surface area contributed by atoms with Crippen LogP contribution in [0.5, 0.6) is 5.75 Å². The van der Waals surface area contributed by atoms with Gasteiger partial charge in [-0.1, -0.05) is 11.6 Å². The van der Waals surface area contributed by atoms with Gasteiger partial charge in [0.2, 0.25) is 0 Å². The van der Waals surface area contributed by atoms with Crippen LogP contribution in [0, 0.1) is 11.6 Å². The summed E-state index contributed by atoms with van der Waals surface area (Å²) in [7, 11) is 0. The molecule has 1 rings (SSSR count). The molecule has 0 amide bonds. The van der Waals surface area contributed by atoms with Crippen molar-refractivity contribution in [3.05, 3.63) is 28.8 Å². The number of halogens is 3. The summed E-state index contributed by atoms with van der Waals surface area (Å²) >= 11 is 5.18.